The fourth-order valence-corrected chi connectivity index (χ4v) is 2.93. The molecular weight excluding hydrogens is 436 g/mol. The van der Waals surface area contributed by atoms with Gasteiger partial charge >= 0.3 is 11.9 Å². The highest BCUT2D eigenvalue weighted by molar-refractivity contribution is 5.94. The van der Waals surface area contributed by atoms with E-state index < -0.39 is 17.8 Å². The van der Waals surface area contributed by atoms with Crippen molar-refractivity contribution >= 4 is 35.1 Å². The molecule has 0 fully saturated rings. The lowest BCUT2D eigenvalue weighted by molar-refractivity contribution is -0.147. The molecule has 0 bridgehead atoms. The predicted molar refractivity (Wildman–Crippen MR) is 130 cm³/mol. The number of ether oxygens (including phenoxy) is 2. The van der Waals surface area contributed by atoms with Gasteiger partial charge in [-0.2, -0.15) is 0 Å². The Bertz CT molecular complexity index is 1000. The molecule has 2 rings (SSSR count). The summed E-state index contributed by atoms with van der Waals surface area (Å²) >= 11 is 0. The van der Waals surface area contributed by atoms with Crippen molar-refractivity contribution in [3.05, 3.63) is 59.2 Å². The molecule has 0 aromatic heterocycles. The van der Waals surface area contributed by atoms with Crippen molar-refractivity contribution in [1.82, 2.24) is 0 Å². The summed E-state index contributed by atoms with van der Waals surface area (Å²) in [5.74, 6) is -1.63. The summed E-state index contributed by atoms with van der Waals surface area (Å²) in [5.41, 5.74) is 3.77. The minimum atomic E-state index is -0.547. The molecule has 0 saturated heterocycles. The largest absolute Gasteiger partial charge is 0.462 e. The van der Waals surface area contributed by atoms with Crippen molar-refractivity contribution in [3.63, 3.8) is 0 Å². The minimum absolute atomic E-state index is 0.0207. The first-order valence-electron chi connectivity index (χ1n) is 11.4. The van der Waals surface area contributed by atoms with Crippen molar-refractivity contribution in [1.29, 1.82) is 0 Å². The van der Waals surface area contributed by atoms with Crippen LogP contribution >= 0.6 is 0 Å². The molecule has 34 heavy (non-hydrogen) atoms. The molecule has 0 spiro atoms. The maximum Gasteiger partial charge on any atom is 0.338 e. The fourth-order valence-electron chi connectivity index (χ4n) is 2.93. The molecule has 2 aromatic carbocycles. The van der Waals surface area contributed by atoms with Crippen LogP contribution in [0.1, 0.15) is 60.5 Å². The third-order valence-corrected chi connectivity index (χ3v) is 5.08. The SMILES string of the molecule is CCCCOC(=O)c1ccc(NC(=O)CCCC(=O)OCC(=O)Nc2ccc(C)c(C)c2)cc1. The van der Waals surface area contributed by atoms with Crippen LogP contribution in [0.2, 0.25) is 0 Å². The van der Waals surface area contributed by atoms with Crippen molar-refractivity contribution in [3.8, 4) is 0 Å². The van der Waals surface area contributed by atoms with E-state index in [4.69, 9.17) is 9.47 Å². The van der Waals surface area contributed by atoms with Gasteiger partial charge in [0.25, 0.3) is 5.91 Å². The van der Waals surface area contributed by atoms with Gasteiger partial charge in [0.2, 0.25) is 5.91 Å². The average Bonchev–Trinajstić information content (AvgIpc) is 2.80. The van der Waals surface area contributed by atoms with Gasteiger partial charge in [-0.05, 0) is 74.2 Å². The van der Waals surface area contributed by atoms with Crippen molar-refractivity contribution in [2.24, 2.45) is 0 Å². The van der Waals surface area contributed by atoms with Crippen LogP contribution in [-0.4, -0.2) is 37.0 Å². The average molecular weight is 469 g/mol. The Morgan fingerprint density at radius 2 is 1.44 bits per heavy atom. The Balaban J connectivity index is 1.64. The lowest BCUT2D eigenvalue weighted by Crippen LogP contribution is -2.21. The Labute approximate surface area is 200 Å². The molecule has 0 heterocycles. The number of anilines is 2. The first kappa shape index (κ1) is 26.6. The van der Waals surface area contributed by atoms with Crippen LogP contribution in [0.25, 0.3) is 0 Å². The Morgan fingerprint density at radius 1 is 0.765 bits per heavy atom. The van der Waals surface area contributed by atoms with E-state index in [0.717, 1.165) is 24.0 Å². The number of hydrogen-bond acceptors (Lipinski definition) is 6. The van der Waals surface area contributed by atoms with Crippen LogP contribution in [0.4, 0.5) is 11.4 Å². The number of esters is 2. The maximum absolute atomic E-state index is 12.1. The molecule has 0 radical (unpaired) electrons. The van der Waals surface area contributed by atoms with Crippen LogP contribution in [0.15, 0.2) is 42.5 Å². The lowest BCUT2D eigenvalue weighted by atomic mass is 10.1. The van der Waals surface area contributed by atoms with Gasteiger partial charge in [0.05, 0.1) is 12.2 Å². The first-order valence-corrected chi connectivity index (χ1v) is 11.4. The summed E-state index contributed by atoms with van der Waals surface area (Å²) < 4.78 is 10.1. The second-order valence-electron chi connectivity index (χ2n) is 7.98. The van der Waals surface area contributed by atoms with Crippen molar-refractivity contribution in [2.45, 2.75) is 52.9 Å². The summed E-state index contributed by atoms with van der Waals surface area (Å²) in [4.78, 5) is 47.8. The quantitative estimate of drug-likeness (QED) is 0.349. The maximum atomic E-state index is 12.1. The zero-order valence-electron chi connectivity index (χ0n) is 19.9. The van der Waals surface area contributed by atoms with Crippen LogP contribution in [0, 0.1) is 13.8 Å². The van der Waals surface area contributed by atoms with E-state index in [1.54, 1.807) is 30.3 Å². The topological polar surface area (TPSA) is 111 Å². The van der Waals surface area contributed by atoms with E-state index in [1.807, 2.05) is 32.9 Å². The second kappa shape index (κ2) is 13.8. The third-order valence-electron chi connectivity index (χ3n) is 5.08. The number of nitrogens with one attached hydrogen (secondary N) is 2. The summed E-state index contributed by atoms with van der Waals surface area (Å²) in [5, 5.41) is 5.39. The van der Waals surface area contributed by atoms with Crippen molar-refractivity contribution < 1.29 is 28.7 Å². The number of aryl methyl sites for hydroxylation is 2. The highest BCUT2D eigenvalue weighted by atomic mass is 16.5. The molecule has 8 heteroatoms. The summed E-state index contributed by atoms with van der Waals surface area (Å²) in [7, 11) is 0. The normalized spacial score (nSPS) is 10.3. The van der Waals surface area contributed by atoms with Gasteiger partial charge < -0.3 is 20.1 Å². The van der Waals surface area contributed by atoms with E-state index in [2.05, 4.69) is 10.6 Å². The zero-order chi connectivity index (χ0) is 24.9. The molecule has 2 aromatic rings. The number of rotatable bonds is 12. The van der Waals surface area contributed by atoms with Crippen LogP contribution in [-0.2, 0) is 23.9 Å². The predicted octanol–water partition coefficient (Wildman–Crippen LogP) is 4.55. The number of hydrogen-bond donors (Lipinski definition) is 2. The minimum Gasteiger partial charge on any atom is -0.462 e. The van der Waals surface area contributed by atoms with E-state index in [-0.39, 0.29) is 31.8 Å². The van der Waals surface area contributed by atoms with Crippen molar-refractivity contribution in [2.75, 3.05) is 23.8 Å². The Hall–Kier alpha value is -3.68. The van der Waals surface area contributed by atoms with Gasteiger partial charge in [-0.1, -0.05) is 19.4 Å². The van der Waals surface area contributed by atoms with Crippen LogP contribution in [0.3, 0.4) is 0 Å². The molecule has 0 aliphatic heterocycles. The van der Waals surface area contributed by atoms with Gasteiger partial charge in [-0.3, -0.25) is 14.4 Å². The summed E-state index contributed by atoms with van der Waals surface area (Å²) in [6.07, 6.45) is 2.18. The van der Waals surface area contributed by atoms with E-state index >= 15 is 0 Å². The number of amides is 2. The molecule has 0 atom stereocenters. The summed E-state index contributed by atoms with van der Waals surface area (Å²) in [6.45, 7) is 5.94. The van der Waals surface area contributed by atoms with E-state index in [9.17, 15) is 19.2 Å². The summed E-state index contributed by atoms with van der Waals surface area (Å²) in [6, 6.07) is 12.0. The number of carbonyl (C=O) groups is 4. The number of benzene rings is 2. The molecule has 2 amide bonds. The molecule has 0 aliphatic carbocycles. The molecule has 182 valence electrons. The first-order chi connectivity index (χ1) is 16.3. The third kappa shape index (κ3) is 9.44. The zero-order valence-corrected chi connectivity index (χ0v) is 19.9. The highest BCUT2D eigenvalue weighted by Gasteiger charge is 2.11. The second-order valence-corrected chi connectivity index (χ2v) is 7.98. The van der Waals surface area contributed by atoms with E-state index in [0.29, 0.717) is 23.5 Å². The number of unbranched alkanes of at least 4 members (excludes halogenated alkanes) is 1. The standard InChI is InChI=1S/C26H32N2O6/c1-4-5-15-33-26(32)20-10-13-21(14-11-20)27-23(29)7-6-8-25(31)34-17-24(30)28-22-12-9-18(2)19(3)16-22/h9-14,16H,4-8,15,17H2,1-3H3,(H,27,29)(H,28,30). The van der Waals surface area contributed by atoms with E-state index in [1.165, 1.54) is 0 Å². The molecule has 0 unspecified atom stereocenters. The van der Waals surface area contributed by atoms with Gasteiger partial charge in [0, 0.05) is 24.2 Å². The monoisotopic (exact) mass is 468 g/mol. The molecule has 0 aliphatic rings. The lowest BCUT2D eigenvalue weighted by Gasteiger charge is -2.09. The number of carbonyl (C=O) groups excluding carboxylic acids is 4. The van der Waals surface area contributed by atoms with Gasteiger partial charge in [-0.25, -0.2) is 4.79 Å². The highest BCUT2D eigenvalue weighted by Crippen LogP contribution is 2.14. The Morgan fingerprint density at radius 3 is 2.12 bits per heavy atom. The van der Waals surface area contributed by atoms with Gasteiger partial charge in [-0.15, -0.1) is 0 Å². The van der Waals surface area contributed by atoms with Gasteiger partial charge in [0.1, 0.15) is 0 Å². The van der Waals surface area contributed by atoms with Gasteiger partial charge in [0.15, 0.2) is 6.61 Å². The molecule has 2 N–H and O–H groups in total. The van der Waals surface area contributed by atoms with Crippen LogP contribution < -0.4 is 10.6 Å². The molecule has 0 saturated carbocycles. The molecule has 8 nitrogen and oxygen atoms in total. The fraction of sp³-hybridized carbons (Fsp3) is 0.385. The van der Waals surface area contributed by atoms with Crippen LogP contribution in [0.5, 0.6) is 0 Å². The Kier molecular flexibility index (Phi) is 10.8. The molecular formula is C26H32N2O6. The smallest absolute Gasteiger partial charge is 0.338 e.